The second kappa shape index (κ2) is 9.10. The topological polar surface area (TPSA) is 115 Å². The van der Waals surface area contributed by atoms with Gasteiger partial charge >= 0.3 is 6.09 Å². The van der Waals surface area contributed by atoms with E-state index in [1.165, 1.54) is 0 Å². The third kappa shape index (κ3) is 4.66. The molecule has 0 spiro atoms. The first-order chi connectivity index (χ1) is 17.2. The number of rotatable bonds is 4. The molecule has 3 aromatic heterocycles. The average Bonchev–Trinajstić information content (AvgIpc) is 3.58. The quantitative estimate of drug-likeness (QED) is 0.429. The molecular formula is C26H28N6O4. The maximum atomic E-state index is 13.0. The second-order valence-corrected chi connectivity index (χ2v) is 9.84. The van der Waals surface area contributed by atoms with Crippen molar-refractivity contribution in [3.05, 3.63) is 65.9 Å². The van der Waals surface area contributed by atoms with E-state index in [1.807, 2.05) is 64.1 Å². The number of hydrogen-bond acceptors (Lipinski definition) is 7. The zero-order valence-electron chi connectivity index (χ0n) is 20.7. The third-order valence-corrected chi connectivity index (χ3v) is 6.00. The van der Waals surface area contributed by atoms with Crippen LogP contribution in [0.25, 0.3) is 17.0 Å². The van der Waals surface area contributed by atoms with Crippen molar-refractivity contribution in [2.75, 3.05) is 11.9 Å². The minimum absolute atomic E-state index is 0.276. The number of nitrogens with zero attached hydrogens (tertiary/aromatic N) is 5. The number of pyridine rings is 1. The van der Waals surface area contributed by atoms with E-state index < -0.39 is 11.7 Å². The summed E-state index contributed by atoms with van der Waals surface area (Å²) in [6.07, 6.45) is 4.50. The highest BCUT2D eigenvalue weighted by atomic mass is 16.6. The Morgan fingerprint density at radius 1 is 1.19 bits per heavy atom. The lowest BCUT2D eigenvalue weighted by Gasteiger charge is -2.26. The minimum atomic E-state index is -0.587. The van der Waals surface area contributed by atoms with Gasteiger partial charge in [0.05, 0.1) is 6.20 Å². The lowest BCUT2D eigenvalue weighted by molar-refractivity contribution is 0.0199. The van der Waals surface area contributed by atoms with E-state index in [0.717, 1.165) is 18.4 Å². The van der Waals surface area contributed by atoms with Gasteiger partial charge in [0, 0.05) is 24.0 Å². The number of aromatic nitrogens is 4. The van der Waals surface area contributed by atoms with E-state index >= 15 is 0 Å². The lowest BCUT2D eigenvalue weighted by Crippen LogP contribution is -2.36. The van der Waals surface area contributed by atoms with Gasteiger partial charge in [-0.2, -0.15) is 4.98 Å². The molecule has 0 bridgehead atoms. The molecule has 36 heavy (non-hydrogen) atoms. The molecule has 4 heterocycles. The summed E-state index contributed by atoms with van der Waals surface area (Å²) in [5.41, 5.74) is 2.74. The van der Waals surface area contributed by atoms with Gasteiger partial charge in [0.2, 0.25) is 11.7 Å². The Balaban J connectivity index is 1.36. The summed E-state index contributed by atoms with van der Waals surface area (Å²) >= 11 is 0. The fourth-order valence-corrected chi connectivity index (χ4v) is 4.23. The van der Waals surface area contributed by atoms with Crippen LogP contribution in [0.3, 0.4) is 0 Å². The van der Waals surface area contributed by atoms with Gasteiger partial charge in [0.15, 0.2) is 0 Å². The lowest BCUT2D eigenvalue weighted by atomic mass is 10.1. The molecule has 4 aromatic rings. The van der Waals surface area contributed by atoms with Gasteiger partial charge in [0.1, 0.15) is 23.0 Å². The number of nitrogens with one attached hydrogen (secondary N) is 1. The van der Waals surface area contributed by atoms with Gasteiger partial charge in [-0.15, -0.1) is 0 Å². The molecule has 5 rings (SSSR count). The standard InChI is InChI=1S/C26H28N6O4/c1-16-10-11-17(14-18(16)28-23(33)20-15-27-21-9-5-6-12-31(20)21)22-29-24(36-30-22)19-8-7-13-32(19)25(34)35-26(2,3)4/h5-6,9-12,14-15,19H,7-8,13H2,1-4H3,(H,28,33)/t19-/m1/s1. The van der Waals surface area contributed by atoms with Crippen LogP contribution < -0.4 is 5.32 Å². The second-order valence-electron chi connectivity index (χ2n) is 9.84. The van der Waals surface area contributed by atoms with Crippen LogP contribution in [0, 0.1) is 6.92 Å². The van der Waals surface area contributed by atoms with Crippen LogP contribution in [-0.2, 0) is 4.74 Å². The molecule has 10 nitrogen and oxygen atoms in total. The van der Waals surface area contributed by atoms with E-state index in [4.69, 9.17) is 9.26 Å². The Hall–Kier alpha value is -4.21. The van der Waals surface area contributed by atoms with Crippen LogP contribution in [0.2, 0.25) is 0 Å². The van der Waals surface area contributed by atoms with E-state index in [1.54, 1.807) is 21.7 Å². The van der Waals surface area contributed by atoms with Crippen LogP contribution >= 0.6 is 0 Å². The normalized spacial score (nSPS) is 15.9. The number of hydrogen-bond donors (Lipinski definition) is 1. The number of benzene rings is 1. The number of anilines is 1. The van der Waals surface area contributed by atoms with E-state index in [2.05, 4.69) is 20.4 Å². The molecule has 1 fully saturated rings. The summed E-state index contributed by atoms with van der Waals surface area (Å²) in [5, 5.41) is 7.11. The Bertz CT molecular complexity index is 1430. The first-order valence-electron chi connectivity index (χ1n) is 11.9. The third-order valence-electron chi connectivity index (χ3n) is 6.00. The molecule has 0 saturated carbocycles. The molecule has 1 atom stereocenters. The summed E-state index contributed by atoms with van der Waals surface area (Å²) in [6, 6.07) is 10.8. The highest BCUT2D eigenvalue weighted by Crippen LogP contribution is 2.34. The number of fused-ring (bicyclic) bond motifs is 1. The first-order valence-corrected chi connectivity index (χ1v) is 11.9. The number of ether oxygens (including phenoxy) is 1. The molecule has 1 aliphatic heterocycles. The van der Waals surface area contributed by atoms with Crippen molar-refractivity contribution in [3.63, 3.8) is 0 Å². The molecule has 1 aliphatic rings. The van der Waals surface area contributed by atoms with Crippen molar-refractivity contribution in [2.45, 2.75) is 52.2 Å². The molecule has 186 valence electrons. The fraction of sp³-hybridized carbons (Fsp3) is 0.346. The summed E-state index contributed by atoms with van der Waals surface area (Å²) in [7, 11) is 0. The molecule has 2 amide bonds. The molecule has 1 aromatic carbocycles. The van der Waals surface area contributed by atoms with Gasteiger partial charge in [0.25, 0.3) is 5.91 Å². The van der Waals surface area contributed by atoms with Crippen LogP contribution in [0.5, 0.6) is 0 Å². The molecule has 0 radical (unpaired) electrons. The van der Waals surface area contributed by atoms with Crippen LogP contribution in [0.4, 0.5) is 10.5 Å². The maximum absolute atomic E-state index is 13.0. The predicted octanol–water partition coefficient (Wildman–Crippen LogP) is 5.02. The monoisotopic (exact) mass is 488 g/mol. The number of aryl methyl sites for hydroxylation is 1. The Morgan fingerprint density at radius 2 is 2.03 bits per heavy atom. The van der Waals surface area contributed by atoms with Crippen molar-refractivity contribution in [2.24, 2.45) is 0 Å². The van der Waals surface area contributed by atoms with Gasteiger partial charge in [-0.1, -0.05) is 23.4 Å². The molecule has 10 heteroatoms. The van der Waals surface area contributed by atoms with E-state index in [0.29, 0.717) is 40.9 Å². The zero-order chi connectivity index (χ0) is 25.4. The zero-order valence-corrected chi connectivity index (χ0v) is 20.7. The van der Waals surface area contributed by atoms with Crippen molar-refractivity contribution in [1.29, 1.82) is 0 Å². The number of imidazole rings is 1. The first kappa shape index (κ1) is 23.5. The predicted molar refractivity (Wildman–Crippen MR) is 133 cm³/mol. The smallest absolute Gasteiger partial charge is 0.410 e. The van der Waals surface area contributed by atoms with Crippen LogP contribution in [0.1, 0.15) is 61.6 Å². The van der Waals surface area contributed by atoms with Gasteiger partial charge in [-0.3, -0.25) is 14.1 Å². The number of carbonyl (C=O) groups excluding carboxylic acids is 2. The fourth-order valence-electron chi connectivity index (χ4n) is 4.23. The molecule has 1 saturated heterocycles. The molecule has 1 N–H and O–H groups in total. The Labute approximate surface area is 208 Å². The average molecular weight is 489 g/mol. The van der Waals surface area contributed by atoms with E-state index in [-0.39, 0.29) is 11.9 Å². The van der Waals surface area contributed by atoms with Gasteiger partial charge in [-0.25, -0.2) is 9.78 Å². The van der Waals surface area contributed by atoms with Crippen LogP contribution in [0.15, 0.2) is 53.3 Å². The van der Waals surface area contributed by atoms with Gasteiger partial charge < -0.3 is 14.6 Å². The SMILES string of the molecule is Cc1ccc(-c2noc([C@H]3CCCN3C(=O)OC(C)(C)C)n2)cc1NC(=O)c1cnc2ccccn12. The Kier molecular flexibility index (Phi) is 5.95. The van der Waals surface area contributed by atoms with Crippen LogP contribution in [-0.4, -0.2) is 48.6 Å². The highest BCUT2D eigenvalue weighted by molar-refractivity contribution is 6.04. The van der Waals surface area contributed by atoms with E-state index in [9.17, 15) is 9.59 Å². The van der Waals surface area contributed by atoms with Gasteiger partial charge in [-0.05, 0) is 64.3 Å². The van der Waals surface area contributed by atoms with Crippen molar-refractivity contribution in [1.82, 2.24) is 24.4 Å². The van der Waals surface area contributed by atoms with Crippen molar-refractivity contribution in [3.8, 4) is 11.4 Å². The number of likely N-dealkylation sites (tertiary alicyclic amines) is 1. The molecular weight excluding hydrogens is 460 g/mol. The minimum Gasteiger partial charge on any atom is -0.444 e. The van der Waals surface area contributed by atoms with Crippen molar-refractivity contribution >= 4 is 23.3 Å². The van der Waals surface area contributed by atoms with Crippen molar-refractivity contribution < 1.29 is 18.8 Å². The Morgan fingerprint density at radius 3 is 2.83 bits per heavy atom. The summed E-state index contributed by atoms with van der Waals surface area (Å²) in [5.74, 6) is 0.471. The number of carbonyl (C=O) groups is 2. The highest BCUT2D eigenvalue weighted by Gasteiger charge is 2.36. The molecule has 0 aliphatic carbocycles. The largest absolute Gasteiger partial charge is 0.444 e. The summed E-state index contributed by atoms with van der Waals surface area (Å²) < 4.78 is 12.8. The molecule has 0 unspecified atom stereocenters. The maximum Gasteiger partial charge on any atom is 0.410 e. The number of amides is 2. The summed E-state index contributed by atoms with van der Waals surface area (Å²) in [6.45, 7) is 7.99. The summed E-state index contributed by atoms with van der Waals surface area (Å²) in [4.78, 5) is 36.1.